The van der Waals surface area contributed by atoms with Crippen molar-refractivity contribution in [1.82, 2.24) is 0 Å². The summed E-state index contributed by atoms with van der Waals surface area (Å²) in [6.45, 7) is 0. The largest absolute Gasteiger partial charge is 0.343 e. The fourth-order valence-corrected chi connectivity index (χ4v) is 6.81. The highest BCUT2D eigenvalue weighted by molar-refractivity contribution is 9.08. The summed E-state index contributed by atoms with van der Waals surface area (Å²) in [6.07, 6.45) is 0.280. The minimum absolute atomic E-state index is 0.0847. The second kappa shape index (κ2) is 6.68. The molecule has 1 amide bonds. The number of hydrogen-bond donors (Lipinski definition) is 0. The number of alkyl halides is 1. The normalized spacial score (nSPS) is 13.0. The van der Waals surface area contributed by atoms with Crippen LogP contribution in [0.2, 0.25) is 0 Å². The summed E-state index contributed by atoms with van der Waals surface area (Å²) in [5, 5.41) is 0.605. The van der Waals surface area contributed by atoms with Gasteiger partial charge in [0.05, 0.1) is 19.0 Å². The van der Waals surface area contributed by atoms with Crippen LogP contribution in [0.15, 0.2) is 49.7 Å². The number of sulfonamides is 1. The first kappa shape index (κ1) is 19.3. The molecule has 6 nitrogen and oxygen atoms in total. The molecule has 2 aromatic rings. The molecule has 0 saturated heterocycles. The number of rotatable bonds is 6. The minimum Gasteiger partial charge on any atom is -0.233 e. The highest BCUT2D eigenvalue weighted by atomic mass is 79.9. The van der Waals surface area contributed by atoms with E-state index in [1.54, 1.807) is 12.1 Å². The van der Waals surface area contributed by atoms with E-state index in [0.29, 0.717) is 16.7 Å². The number of hydrogen-bond acceptors (Lipinski definition) is 6. The topological polar surface area (TPSA) is 85.3 Å². The van der Waals surface area contributed by atoms with Crippen LogP contribution in [0.25, 0.3) is 0 Å². The highest BCUT2D eigenvalue weighted by Gasteiger charge is 2.37. The van der Waals surface area contributed by atoms with Crippen molar-refractivity contribution >= 4 is 53.5 Å². The van der Waals surface area contributed by atoms with Crippen molar-refractivity contribution in [2.24, 2.45) is 0 Å². The molecule has 0 aliphatic heterocycles. The van der Waals surface area contributed by atoms with Gasteiger partial charge in [0.15, 0.2) is 4.21 Å². The second-order valence-electron chi connectivity index (χ2n) is 5.37. The second-order valence-corrected chi connectivity index (χ2v) is 11.8. The Morgan fingerprint density at radius 1 is 1.00 bits per heavy atom. The molecule has 10 heteroatoms. The van der Waals surface area contributed by atoms with Crippen LogP contribution in [0.3, 0.4) is 0 Å². The number of amides is 1. The maximum absolute atomic E-state index is 12.6. The first-order chi connectivity index (χ1) is 11.1. The third kappa shape index (κ3) is 3.33. The Balaban J connectivity index is 2.48. The number of halogens is 1. The summed E-state index contributed by atoms with van der Waals surface area (Å²) < 4.78 is 48.9. The van der Waals surface area contributed by atoms with Crippen molar-refractivity contribution in [2.45, 2.75) is 18.6 Å². The highest BCUT2D eigenvalue weighted by Crippen LogP contribution is 2.32. The molecule has 1 aromatic heterocycles. The molecule has 0 unspecified atom stereocenters. The summed E-state index contributed by atoms with van der Waals surface area (Å²) in [4.78, 5) is 11.1. The molecule has 2 rings (SSSR count). The number of benzene rings is 1. The van der Waals surface area contributed by atoms with Gasteiger partial charge in [-0.3, -0.25) is 0 Å². The van der Waals surface area contributed by atoms with Crippen molar-refractivity contribution in [3.05, 3.63) is 42.0 Å². The Morgan fingerprint density at radius 2 is 1.54 bits per heavy atom. The van der Waals surface area contributed by atoms with Gasteiger partial charge < -0.3 is 0 Å². The molecule has 0 atom stereocenters. The number of sulfone groups is 1. The molecule has 0 spiro atoms. The zero-order valence-corrected chi connectivity index (χ0v) is 16.9. The quantitative estimate of drug-likeness (QED) is 0.381. The van der Waals surface area contributed by atoms with Gasteiger partial charge in [0, 0.05) is 5.33 Å². The van der Waals surface area contributed by atoms with Crippen LogP contribution in [0, 0.1) is 0 Å². The van der Waals surface area contributed by atoms with E-state index in [9.17, 15) is 21.6 Å². The van der Waals surface area contributed by atoms with Gasteiger partial charge in [0.2, 0.25) is 9.84 Å². The van der Waals surface area contributed by atoms with E-state index in [1.165, 1.54) is 38.4 Å². The molecule has 0 aliphatic rings. The molecular formula is C14H15BrNO5S3+. The molecule has 0 bridgehead atoms. The monoisotopic (exact) mass is 452 g/mol. The molecular weight excluding hydrogens is 438 g/mol. The van der Waals surface area contributed by atoms with E-state index in [0.717, 1.165) is 5.56 Å². The predicted molar refractivity (Wildman–Crippen MR) is 94.2 cm³/mol. The summed E-state index contributed by atoms with van der Waals surface area (Å²) in [7, 11) is -5.38. The number of carbonyl (C=O) groups excluding carboxylic acids is 1. The van der Waals surface area contributed by atoms with Gasteiger partial charge >= 0.3 is 16.4 Å². The van der Waals surface area contributed by atoms with Gasteiger partial charge in [-0.2, -0.15) is 12.3 Å². The lowest BCUT2D eigenvalue weighted by Gasteiger charge is -2.18. The van der Waals surface area contributed by atoms with Crippen molar-refractivity contribution in [3.8, 4) is 0 Å². The zero-order chi connectivity index (χ0) is 18.2. The predicted octanol–water partition coefficient (Wildman–Crippen LogP) is 2.40. The lowest BCUT2D eigenvalue weighted by atomic mass is 10.2. The lowest BCUT2D eigenvalue weighted by Crippen LogP contribution is -2.43. The van der Waals surface area contributed by atoms with Gasteiger partial charge in [-0.1, -0.05) is 28.1 Å². The van der Waals surface area contributed by atoms with Crippen LogP contribution in [-0.2, 0) is 30.0 Å². The van der Waals surface area contributed by atoms with E-state index in [4.69, 9.17) is 0 Å². The van der Waals surface area contributed by atoms with Crippen LogP contribution in [0.4, 0.5) is 0 Å². The lowest BCUT2D eigenvalue weighted by molar-refractivity contribution is -0.669. The molecule has 130 valence electrons. The third-order valence-electron chi connectivity index (χ3n) is 3.34. The molecule has 0 aliphatic carbocycles. The number of thiophene rings is 1. The fraction of sp³-hybridized carbons (Fsp3) is 0.214. The summed E-state index contributed by atoms with van der Waals surface area (Å²) in [6, 6.07) is 8.77. The molecule has 0 radical (unpaired) electrons. The first-order valence-corrected chi connectivity index (χ1v) is 11.5. The zero-order valence-electron chi connectivity index (χ0n) is 12.8. The number of nitrogens with zero attached hydrogens (tertiary/aromatic N) is 1. The fourth-order valence-electron chi connectivity index (χ4n) is 1.75. The van der Waals surface area contributed by atoms with Crippen molar-refractivity contribution in [1.29, 1.82) is 0 Å². The SMILES string of the molecule is C[N+](C)(C=O)S(=O)(=O)c1ccc(S(=O)(=O)c2ccc(CBr)cc2)s1. The van der Waals surface area contributed by atoms with Crippen LogP contribution < -0.4 is 0 Å². The van der Waals surface area contributed by atoms with Crippen LogP contribution in [-0.4, -0.2) is 41.2 Å². The summed E-state index contributed by atoms with van der Waals surface area (Å²) >= 11 is 3.92. The van der Waals surface area contributed by atoms with Gasteiger partial charge in [0.25, 0.3) is 0 Å². The van der Waals surface area contributed by atoms with Gasteiger partial charge in [-0.15, -0.1) is 11.3 Å². The Hall–Kier alpha value is -1.07. The minimum atomic E-state index is -4.00. The van der Waals surface area contributed by atoms with Crippen molar-refractivity contribution in [3.63, 3.8) is 0 Å². The van der Waals surface area contributed by atoms with Crippen molar-refractivity contribution in [2.75, 3.05) is 14.1 Å². The summed E-state index contributed by atoms with van der Waals surface area (Å²) in [5.41, 5.74) is 0.924. The van der Waals surface area contributed by atoms with Gasteiger partial charge in [0.1, 0.15) is 4.21 Å². The molecule has 0 N–H and O–H groups in total. The maximum atomic E-state index is 12.6. The molecule has 24 heavy (non-hydrogen) atoms. The standard InChI is InChI=1S/C14H15BrNO5S3/c1-16(2,10-17)24(20,21)14-8-7-13(22-14)23(18,19)12-5-3-11(9-15)4-6-12/h3-8,10H,9H2,1-2H3/q+1. The van der Waals surface area contributed by atoms with Crippen LogP contribution >= 0.6 is 27.3 Å². The van der Waals surface area contributed by atoms with Crippen molar-refractivity contribution < 1.29 is 25.5 Å². The van der Waals surface area contributed by atoms with E-state index < -0.39 is 23.7 Å². The van der Waals surface area contributed by atoms with E-state index >= 15 is 0 Å². The molecule has 1 aromatic carbocycles. The Morgan fingerprint density at radius 3 is 2.04 bits per heavy atom. The van der Waals surface area contributed by atoms with E-state index in [-0.39, 0.29) is 19.7 Å². The van der Waals surface area contributed by atoms with Crippen LogP contribution in [0.1, 0.15) is 5.56 Å². The third-order valence-corrected chi connectivity index (χ3v) is 9.98. The van der Waals surface area contributed by atoms with E-state index in [2.05, 4.69) is 15.9 Å². The average molecular weight is 453 g/mol. The van der Waals surface area contributed by atoms with Crippen LogP contribution in [0.5, 0.6) is 0 Å². The van der Waals surface area contributed by atoms with Gasteiger partial charge in [-0.25, -0.2) is 13.2 Å². The maximum Gasteiger partial charge on any atom is 0.343 e. The Labute approximate surface area is 153 Å². The smallest absolute Gasteiger partial charge is 0.233 e. The first-order valence-electron chi connectivity index (χ1n) is 6.61. The molecule has 1 heterocycles. The van der Waals surface area contributed by atoms with E-state index in [1.807, 2.05) is 0 Å². The number of quaternary nitrogens is 1. The Bertz CT molecular complexity index is 960. The number of carbonyl (C=O) groups is 1. The summed E-state index contributed by atoms with van der Waals surface area (Å²) in [5.74, 6) is 0. The molecule has 0 saturated carbocycles. The molecule has 0 fully saturated rings. The average Bonchev–Trinajstić information content (AvgIpc) is 3.06. The Kier molecular flexibility index (Phi) is 5.36. The van der Waals surface area contributed by atoms with Gasteiger partial charge in [-0.05, 0) is 29.8 Å².